The lowest BCUT2D eigenvalue weighted by molar-refractivity contribution is 0.196. The largest absolute Gasteiger partial charge is 0.309 e. The van der Waals surface area contributed by atoms with Crippen LogP contribution in [0.15, 0.2) is 42.5 Å². The summed E-state index contributed by atoms with van der Waals surface area (Å²) >= 11 is 0. The maximum Gasteiger partial charge on any atom is 0.00322 e. The Balaban J connectivity index is 1.64. The molecular formula is C20H25N. The molecule has 21 heavy (non-hydrogen) atoms. The van der Waals surface area contributed by atoms with E-state index < -0.39 is 0 Å². The molecule has 2 fully saturated rings. The molecular weight excluding hydrogens is 254 g/mol. The highest BCUT2D eigenvalue weighted by Crippen LogP contribution is 2.60. The molecule has 0 radical (unpaired) electrons. The standard InChI is InChI=1S/C20H25N/c1-21(2)14-20-10-9-18(12-20)19(13-20)17-8-7-15-5-3-4-6-16(15)11-17/h3-8,11,18-19H,9-10,12-14H2,1-2H3/t18-,19?,20-/m0/s1. The molecule has 2 saturated carbocycles. The van der Waals surface area contributed by atoms with E-state index in [0.29, 0.717) is 5.41 Å². The van der Waals surface area contributed by atoms with E-state index in [4.69, 9.17) is 0 Å². The summed E-state index contributed by atoms with van der Waals surface area (Å²) in [6, 6.07) is 15.9. The van der Waals surface area contributed by atoms with Crippen LogP contribution in [0.4, 0.5) is 0 Å². The molecule has 0 amide bonds. The second-order valence-corrected chi connectivity index (χ2v) is 7.66. The molecule has 1 unspecified atom stereocenters. The minimum Gasteiger partial charge on any atom is -0.309 e. The third-order valence-electron chi connectivity index (χ3n) is 5.82. The molecule has 0 aliphatic heterocycles. The van der Waals surface area contributed by atoms with Crippen LogP contribution in [0.5, 0.6) is 0 Å². The van der Waals surface area contributed by atoms with Crippen molar-refractivity contribution in [2.24, 2.45) is 11.3 Å². The summed E-state index contributed by atoms with van der Waals surface area (Å²) in [5, 5.41) is 2.77. The predicted octanol–water partition coefficient (Wildman–Crippen LogP) is 4.68. The highest BCUT2D eigenvalue weighted by Gasteiger charge is 2.50. The Kier molecular flexibility index (Phi) is 3.08. The molecule has 4 rings (SSSR count). The zero-order chi connectivity index (χ0) is 14.4. The van der Waals surface area contributed by atoms with E-state index in [1.165, 1.54) is 43.0 Å². The molecule has 1 nitrogen and oxygen atoms in total. The first kappa shape index (κ1) is 13.3. The summed E-state index contributed by atoms with van der Waals surface area (Å²) in [5.41, 5.74) is 2.18. The van der Waals surface area contributed by atoms with Gasteiger partial charge in [0.1, 0.15) is 0 Å². The maximum absolute atomic E-state index is 2.45. The van der Waals surface area contributed by atoms with Crippen LogP contribution in [0.2, 0.25) is 0 Å². The molecule has 2 aromatic carbocycles. The zero-order valence-electron chi connectivity index (χ0n) is 13.2. The SMILES string of the molecule is CN(C)C[C@@]12CC[C@@H](C1)C(c1ccc3ccccc3c1)C2. The van der Waals surface area contributed by atoms with Crippen molar-refractivity contribution in [1.82, 2.24) is 4.90 Å². The van der Waals surface area contributed by atoms with E-state index >= 15 is 0 Å². The molecule has 0 aromatic heterocycles. The average molecular weight is 279 g/mol. The number of hydrogen-bond acceptors (Lipinski definition) is 1. The van der Waals surface area contributed by atoms with E-state index in [0.717, 1.165) is 11.8 Å². The molecule has 0 spiro atoms. The van der Waals surface area contributed by atoms with Crippen molar-refractivity contribution < 1.29 is 0 Å². The zero-order valence-corrected chi connectivity index (χ0v) is 13.2. The Bertz CT molecular complexity index is 660. The van der Waals surface area contributed by atoms with Crippen molar-refractivity contribution in [2.75, 3.05) is 20.6 Å². The Labute approximate surface area is 128 Å². The average Bonchev–Trinajstić information content (AvgIpc) is 3.03. The minimum absolute atomic E-state index is 0.602. The van der Waals surface area contributed by atoms with Crippen molar-refractivity contribution in [3.05, 3.63) is 48.0 Å². The third-order valence-corrected chi connectivity index (χ3v) is 5.82. The van der Waals surface area contributed by atoms with Crippen LogP contribution >= 0.6 is 0 Å². The molecule has 2 bridgehead atoms. The van der Waals surface area contributed by atoms with Crippen molar-refractivity contribution in [1.29, 1.82) is 0 Å². The monoisotopic (exact) mass is 279 g/mol. The number of fused-ring (bicyclic) bond motifs is 3. The summed E-state index contributed by atoms with van der Waals surface area (Å²) in [4.78, 5) is 2.39. The van der Waals surface area contributed by atoms with E-state index in [1.54, 1.807) is 5.56 Å². The number of rotatable bonds is 3. The Morgan fingerprint density at radius 1 is 1.05 bits per heavy atom. The van der Waals surface area contributed by atoms with E-state index in [1.807, 2.05) is 0 Å². The van der Waals surface area contributed by atoms with Gasteiger partial charge in [0.05, 0.1) is 0 Å². The van der Waals surface area contributed by atoms with Crippen molar-refractivity contribution >= 4 is 10.8 Å². The Morgan fingerprint density at radius 3 is 2.67 bits per heavy atom. The molecule has 0 N–H and O–H groups in total. The smallest absolute Gasteiger partial charge is 0.00322 e. The molecule has 2 aliphatic rings. The lowest BCUT2D eigenvalue weighted by Gasteiger charge is -2.32. The first-order valence-corrected chi connectivity index (χ1v) is 8.29. The highest BCUT2D eigenvalue weighted by molar-refractivity contribution is 5.83. The van der Waals surface area contributed by atoms with Gasteiger partial charge in [-0.2, -0.15) is 0 Å². The topological polar surface area (TPSA) is 3.24 Å². The molecule has 110 valence electrons. The summed E-state index contributed by atoms with van der Waals surface area (Å²) in [6.45, 7) is 1.27. The minimum atomic E-state index is 0.602. The van der Waals surface area contributed by atoms with Crippen molar-refractivity contribution in [3.63, 3.8) is 0 Å². The van der Waals surface area contributed by atoms with Crippen LogP contribution < -0.4 is 0 Å². The van der Waals surface area contributed by atoms with E-state index in [2.05, 4.69) is 61.5 Å². The quantitative estimate of drug-likeness (QED) is 0.789. The van der Waals surface area contributed by atoms with Crippen LogP contribution in [-0.2, 0) is 0 Å². The van der Waals surface area contributed by atoms with Gasteiger partial charge in [0.2, 0.25) is 0 Å². The second kappa shape index (κ2) is 4.84. The fourth-order valence-electron chi connectivity index (χ4n) is 5.12. The Hall–Kier alpha value is -1.34. The van der Waals surface area contributed by atoms with Gasteiger partial charge in [0.25, 0.3) is 0 Å². The summed E-state index contributed by atoms with van der Waals surface area (Å²) < 4.78 is 0. The first-order valence-electron chi connectivity index (χ1n) is 8.29. The summed E-state index contributed by atoms with van der Waals surface area (Å²) in [6.07, 6.45) is 5.72. The Morgan fingerprint density at radius 2 is 1.86 bits per heavy atom. The van der Waals surface area contributed by atoms with Crippen molar-refractivity contribution in [3.8, 4) is 0 Å². The molecule has 2 aliphatic carbocycles. The fraction of sp³-hybridized carbons (Fsp3) is 0.500. The number of hydrogen-bond donors (Lipinski definition) is 0. The predicted molar refractivity (Wildman–Crippen MR) is 89.6 cm³/mol. The van der Waals surface area contributed by atoms with Crippen LogP contribution in [0.1, 0.15) is 37.2 Å². The normalized spacial score (nSPS) is 31.4. The highest BCUT2D eigenvalue weighted by atomic mass is 15.1. The van der Waals surface area contributed by atoms with Crippen molar-refractivity contribution in [2.45, 2.75) is 31.6 Å². The van der Waals surface area contributed by atoms with Gasteiger partial charge in [0, 0.05) is 6.54 Å². The second-order valence-electron chi connectivity index (χ2n) is 7.66. The van der Waals surface area contributed by atoms with Gasteiger partial charge in [-0.1, -0.05) is 42.5 Å². The van der Waals surface area contributed by atoms with Gasteiger partial charge in [-0.3, -0.25) is 0 Å². The third kappa shape index (κ3) is 2.28. The lowest BCUT2D eigenvalue weighted by Crippen LogP contribution is -2.30. The van der Waals surface area contributed by atoms with Gasteiger partial charge in [-0.25, -0.2) is 0 Å². The molecule has 0 saturated heterocycles. The van der Waals surface area contributed by atoms with Gasteiger partial charge < -0.3 is 4.90 Å². The summed E-state index contributed by atoms with van der Waals surface area (Å²) in [5.74, 6) is 1.72. The van der Waals surface area contributed by atoms with E-state index in [-0.39, 0.29) is 0 Å². The summed E-state index contributed by atoms with van der Waals surface area (Å²) in [7, 11) is 4.46. The van der Waals surface area contributed by atoms with Crippen LogP contribution in [0.3, 0.4) is 0 Å². The molecule has 2 aromatic rings. The van der Waals surface area contributed by atoms with Gasteiger partial charge >= 0.3 is 0 Å². The van der Waals surface area contributed by atoms with Gasteiger partial charge in [-0.05, 0) is 73.4 Å². The van der Waals surface area contributed by atoms with Gasteiger partial charge in [-0.15, -0.1) is 0 Å². The van der Waals surface area contributed by atoms with Gasteiger partial charge in [0.15, 0.2) is 0 Å². The van der Waals surface area contributed by atoms with Crippen LogP contribution in [0, 0.1) is 11.3 Å². The lowest BCUT2D eigenvalue weighted by atomic mass is 9.77. The molecule has 0 heterocycles. The van der Waals surface area contributed by atoms with E-state index in [9.17, 15) is 0 Å². The first-order chi connectivity index (χ1) is 10.2. The van der Waals surface area contributed by atoms with Crippen LogP contribution in [-0.4, -0.2) is 25.5 Å². The molecule has 1 heteroatoms. The fourth-order valence-corrected chi connectivity index (χ4v) is 5.12. The number of nitrogens with zero attached hydrogens (tertiary/aromatic N) is 1. The molecule has 3 atom stereocenters. The maximum atomic E-state index is 2.45. The van der Waals surface area contributed by atoms with Crippen LogP contribution in [0.25, 0.3) is 10.8 Å². The number of benzene rings is 2.